The fraction of sp³-hybridized carbons (Fsp3) is 0.680. The number of carbonyl (C=O) groups is 2. The quantitative estimate of drug-likeness (QED) is 0.705. The van der Waals surface area contributed by atoms with Gasteiger partial charge in [0.15, 0.2) is 0 Å². The molecule has 3 aliphatic rings. The maximum absolute atomic E-state index is 13.2. The fourth-order valence-corrected chi connectivity index (χ4v) is 7.04. The molecule has 0 unspecified atom stereocenters. The van der Waals surface area contributed by atoms with E-state index in [1.54, 1.807) is 27.4 Å². The van der Waals surface area contributed by atoms with E-state index < -0.39 is 10.0 Å². The molecule has 0 bridgehead atoms. The zero-order chi connectivity index (χ0) is 23.4. The van der Waals surface area contributed by atoms with Gasteiger partial charge in [-0.05, 0) is 61.8 Å². The summed E-state index contributed by atoms with van der Waals surface area (Å²) in [6.45, 7) is 3.02. The second-order valence-electron chi connectivity index (χ2n) is 9.87. The third-order valence-electron chi connectivity index (χ3n) is 7.48. The van der Waals surface area contributed by atoms with E-state index >= 15 is 0 Å². The summed E-state index contributed by atoms with van der Waals surface area (Å²) >= 11 is 0. The number of nitrogens with zero attached hydrogens (tertiary/aromatic N) is 2. The number of benzene rings is 1. The number of hydrogen-bond donors (Lipinski definition) is 1. The second-order valence-corrected chi connectivity index (χ2v) is 11.8. The molecule has 4 rings (SSSR count). The molecule has 0 aromatic heterocycles. The molecule has 1 N–H and O–H groups in total. The zero-order valence-electron chi connectivity index (χ0n) is 19.7. The SMILES string of the molecule is CC(=O)N1CCc2cc(S(=O)(=O)N3CCC(CC(=O)NC4CCCCCCC4)CC3)ccc21. The Bertz CT molecular complexity index is 962. The van der Waals surface area contributed by atoms with Crippen molar-refractivity contribution in [3.05, 3.63) is 23.8 Å². The van der Waals surface area contributed by atoms with Crippen molar-refractivity contribution in [3.8, 4) is 0 Å². The van der Waals surface area contributed by atoms with Gasteiger partial charge in [0, 0.05) is 44.7 Å². The number of carbonyl (C=O) groups excluding carboxylic acids is 2. The van der Waals surface area contributed by atoms with Gasteiger partial charge in [-0.1, -0.05) is 32.1 Å². The molecule has 7 nitrogen and oxygen atoms in total. The Labute approximate surface area is 198 Å². The summed E-state index contributed by atoms with van der Waals surface area (Å²) in [7, 11) is -3.57. The summed E-state index contributed by atoms with van der Waals surface area (Å²) in [5.41, 5.74) is 1.72. The molecule has 2 aliphatic heterocycles. The highest BCUT2D eigenvalue weighted by atomic mass is 32.2. The first kappa shape index (κ1) is 24.2. The third-order valence-corrected chi connectivity index (χ3v) is 9.38. The number of sulfonamides is 1. The molecule has 2 amide bonds. The first-order chi connectivity index (χ1) is 15.8. The highest BCUT2D eigenvalue weighted by molar-refractivity contribution is 7.89. The van der Waals surface area contributed by atoms with Crippen molar-refractivity contribution >= 4 is 27.5 Å². The van der Waals surface area contributed by atoms with E-state index in [9.17, 15) is 18.0 Å². The minimum atomic E-state index is -3.57. The number of hydrogen-bond acceptors (Lipinski definition) is 4. The van der Waals surface area contributed by atoms with E-state index in [0.717, 1.165) is 24.1 Å². The normalized spacial score (nSPS) is 21.3. The highest BCUT2D eigenvalue weighted by Gasteiger charge is 2.32. The maximum Gasteiger partial charge on any atom is 0.243 e. The summed E-state index contributed by atoms with van der Waals surface area (Å²) in [4.78, 5) is 26.3. The molecule has 2 fully saturated rings. The van der Waals surface area contributed by atoms with Gasteiger partial charge >= 0.3 is 0 Å². The molecule has 0 radical (unpaired) electrons. The van der Waals surface area contributed by atoms with Gasteiger partial charge in [-0.15, -0.1) is 0 Å². The van der Waals surface area contributed by atoms with Crippen LogP contribution in [0.5, 0.6) is 0 Å². The van der Waals surface area contributed by atoms with Crippen LogP contribution in [0.1, 0.15) is 76.7 Å². The van der Waals surface area contributed by atoms with Crippen LogP contribution < -0.4 is 10.2 Å². The lowest BCUT2D eigenvalue weighted by atomic mass is 9.93. The van der Waals surface area contributed by atoms with Gasteiger partial charge in [0.25, 0.3) is 0 Å². The molecule has 8 heteroatoms. The number of rotatable bonds is 5. The van der Waals surface area contributed by atoms with Gasteiger partial charge in [-0.3, -0.25) is 9.59 Å². The Kier molecular flexibility index (Phi) is 7.74. The van der Waals surface area contributed by atoms with Crippen molar-refractivity contribution in [3.63, 3.8) is 0 Å². The molecule has 1 saturated heterocycles. The predicted molar refractivity (Wildman–Crippen MR) is 129 cm³/mol. The maximum atomic E-state index is 13.2. The van der Waals surface area contributed by atoms with Crippen LogP contribution in [0.25, 0.3) is 0 Å². The molecule has 0 atom stereocenters. The first-order valence-electron chi connectivity index (χ1n) is 12.5. The monoisotopic (exact) mass is 475 g/mol. The number of anilines is 1. The number of piperidine rings is 1. The van der Waals surface area contributed by atoms with Gasteiger partial charge in [0.05, 0.1) is 4.90 Å². The lowest BCUT2D eigenvalue weighted by Gasteiger charge is -2.31. The molecule has 1 aliphatic carbocycles. The van der Waals surface area contributed by atoms with E-state index in [1.165, 1.54) is 39.0 Å². The van der Waals surface area contributed by atoms with Crippen LogP contribution in [-0.4, -0.2) is 50.2 Å². The molecule has 182 valence electrons. The van der Waals surface area contributed by atoms with Crippen LogP contribution in [0.4, 0.5) is 5.69 Å². The summed E-state index contributed by atoms with van der Waals surface area (Å²) in [5.74, 6) is 0.328. The lowest BCUT2D eigenvalue weighted by molar-refractivity contribution is -0.123. The molecular formula is C25H37N3O4S. The van der Waals surface area contributed by atoms with E-state index in [1.807, 2.05) is 0 Å². The Balaban J connectivity index is 1.30. The Hall–Kier alpha value is -1.93. The molecule has 1 aromatic carbocycles. The third kappa shape index (κ3) is 5.77. The van der Waals surface area contributed by atoms with Gasteiger partial charge in [0.2, 0.25) is 21.8 Å². The molecule has 1 aromatic rings. The zero-order valence-corrected chi connectivity index (χ0v) is 20.5. The van der Waals surface area contributed by atoms with Gasteiger partial charge in [-0.2, -0.15) is 4.31 Å². The highest BCUT2D eigenvalue weighted by Crippen LogP contribution is 2.32. The average Bonchev–Trinajstić information content (AvgIpc) is 3.19. The van der Waals surface area contributed by atoms with Crippen molar-refractivity contribution in [2.45, 2.75) is 88.5 Å². The summed E-state index contributed by atoms with van der Waals surface area (Å²) < 4.78 is 28.0. The molecule has 2 heterocycles. The molecular weight excluding hydrogens is 438 g/mol. The van der Waals surface area contributed by atoms with Crippen molar-refractivity contribution in [1.82, 2.24) is 9.62 Å². The van der Waals surface area contributed by atoms with Crippen LogP contribution >= 0.6 is 0 Å². The first-order valence-corrected chi connectivity index (χ1v) is 14.0. The smallest absolute Gasteiger partial charge is 0.243 e. The number of amides is 2. The lowest BCUT2D eigenvalue weighted by Crippen LogP contribution is -2.41. The van der Waals surface area contributed by atoms with Gasteiger partial charge in [0.1, 0.15) is 0 Å². The van der Waals surface area contributed by atoms with Crippen molar-refractivity contribution < 1.29 is 18.0 Å². The van der Waals surface area contributed by atoms with Crippen LogP contribution in [0.15, 0.2) is 23.1 Å². The number of fused-ring (bicyclic) bond motifs is 1. The van der Waals surface area contributed by atoms with Crippen LogP contribution in [0.2, 0.25) is 0 Å². The number of nitrogens with one attached hydrogen (secondary N) is 1. The van der Waals surface area contributed by atoms with Crippen LogP contribution in [0, 0.1) is 5.92 Å². The summed E-state index contributed by atoms with van der Waals surface area (Å²) in [6, 6.07) is 5.40. The topological polar surface area (TPSA) is 86.8 Å². The minimum absolute atomic E-state index is 0.0231. The van der Waals surface area contributed by atoms with Crippen LogP contribution in [-0.2, 0) is 26.0 Å². The summed E-state index contributed by atoms with van der Waals surface area (Å²) in [6.07, 6.45) is 11.0. The Morgan fingerprint density at radius 1 is 0.970 bits per heavy atom. The second kappa shape index (κ2) is 10.6. The van der Waals surface area contributed by atoms with E-state index in [-0.39, 0.29) is 17.7 Å². The van der Waals surface area contributed by atoms with E-state index in [0.29, 0.717) is 56.3 Å². The van der Waals surface area contributed by atoms with Gasteiger partial charge in [-0.25, -0.2) is 8.42 Å². The minimum Gasteiger partial charge on any atom is -0.353 e. The Morgan fingerprint density at radius 3 is 2.30 bits per heavy atom. The molecule has 1 saturated carbocycles. The van der Waals surface area contributed by atoms with Gasteiger partial charge < -0.3 is 10.2 Å². The summed E-state index contributed by atoms with van der Waals surface area (Å²) in [5, 5.41) is 3.24. The largest absolute Gasteiger partial charge is 0.353 e. The Morgan fingerprint density at radius 2 is 1.64 bits per heavy atom. The van der Waals surface area contributed by atoms with Crippen molar-refractivity contribution in [1.29, 1.82) is 0 Å². The van der Waals surface area contributed by atoms with E-state index in [2.05, 4.69) is 5.32 Å². The predicted octanol–water partition coefficient (Wildman–Crippen LogP) is 3.62. The van der Waals surface area contributed by atoms with Crippen molar-refractivity contribution in [2.75, 3.05) is 24.5 Å². The van der Waals surface area contributed by atoms with Crippen LogP contribution in [0.3, 0.4) is 0 Å². The fourth-order valence-electron chi connectivity index (χ4n) is 5.52. The van der Waals surface area contributed by atoms with Crippen molar-refractivity contribution in [2.24, 2.45) is 5.92 Å². The van der Waals surface area contributed by atoms with E-state index in [4.69, 9.17) is 0 Å². The average molecular weight is 476 g/mol. The molecule has 0 spiro atoms. The molecule has 33 heavy (non-hydrogen) atoms. The standard InChI is InChI=1S/C25H37N3O4S/c1-19(29)28-16-13-21-18-23(9-10-24(21)28)33(31,32)27-14-11-20(12-15-27)17-25(30)26-22-7-5-3-2-4-6-8-22/h9-10,18,20,22H,2-8,11-17H2,1H3,(H,26,30).